The van der Waals surface area contributed by atoms with Crippen LogP contribution < -0.4 is 5.73 Å². The Labute approximate surface area is 99.0 Å². The SMILES string of the molecule is CC1CC(CN)c2cc(C(C)(C)C)ccc21. The highest BCUT2D eigenvalue weighted by atomic mass is 14.6. The maximum Gasteiger partial charge on any atom is -0.000791 e. The van der Waals surface area contributed by atoms with Crippen molar-refractivity contribution in [1.29, 1.82) is 0 Å². The summed E-state index contributed by atoms with van der Waals surface area (Å²) in [5, 5.41) is 0. The van der Waals surface area contributed by atoms with E-state index in [1.165, 1.54) is 23.1 Å². The van der Waals surface area contributed by atoms with Gasteiger partial charge in [0.2, 0.25) is 0 Å². The Bertz CT molecular complexity index is 387. The van der Waals surface area contributed by atoms with E-state index in [2.05, 4.69) is 45.9 Å². The van der Waals surface area contributed by atoms with Gasteiger partial charge in [0.25, 0.3) is 0 Å². The number of fused-ring (bicyclic) bond motifs is 1. The van der Waals surface area contributed by atoms with Gasteiger partial charge in [-0.2, -0.15) is 0 Å². The Morgan fingerprint density at radius 1 is 1.25 bits per heavy atom. The van der Waals surface area contributed by atoms with Crippen LogP contribution in [0.4, 0.5) is 0 Å². The van der Waals surface area contributed by atoms with Crippen LogP contribution in [0.2, 0.25) is 0 Å². The molecule has 0 fully saturated rings. The fraction of sp³-hybridized carbons (Fsp3) is 0.600. The predicted molar refractivity (Wildman–Crippen MR) is 70.0 cm³/mol. The topological polar surface area (TPSA) is 26.0 Å². The Morgan fingerprint density at radius 2 is 1.94 bits per heavy atom. The molecule has 0 saturated carbocycles. The second-order valence-corrected chi connectivity index (χ2v) is 6.16. The van der Waals surface area contributed by atoms with Crippen LogP contribution in [-0.2, 0) is 5.41 Å². The summed E-state index contributed by atoms with van der Waals surface area (Å²) in [6.45, 7) is 9.90. The molecule has 0 saturated heterocycles. The summed E-state index contributed by atoms with van der Waals surface area (Å²) in [6, 6.07) is 6.99. The molecule has 16 heavy (non-hydrogen) atoms. The number of benzene rings is 1. The van der Waals surface area contributed by atoms with Crippen molar-refractivity contribution in [3.8, 4) is 0 Å². The third-order valence-corrected chi connectivity index (χ3v) is 3.85. The molecule has 1 aromatic carbocycles. The largest absolute Gasteiger partial charge is 0.330 e. The summed E-state index contributed by atoms with van der Waals surface area (Å²) in [4.78, 5) is 0. The molecule has 0 spiro atoms. The Kier molecular flexibility index (Phi) is 2.83. The summed E-state index contributed by atoms with van der Waals surface area (Å²) in [5.41, 5.74) is 10.6. The van der Waals surface area contributed by atoms with Crippen LogP contribution in [0.15, 0.2) is 18.2 Å². The van der Waals surface area contributed by atoms with Gasteiger partial charge >= 0.3 is 0 Å². The summed E-state index contributed by atoms with van der Waals surface area (Å²) in [6.07, 6.45) is 1.22. The zero-order valence-corrected chi connectivity index (χ0v) is 10.9. The predicted octanol–water partition coefficient (Wildman–Crippen LogP) is 3.53. The normalized spacial score (nSPS) is 24.6. The van der Waals surface area contributed by atoms with E-state index in [9.17, 15) is 0 Å². The molecule has 0 aromatic heterocycles. The zero-order chi connectivity index (χ0) is 11.9. The van der Waals surface area contributed by atoms with E-state index in [1.54, 1.807) is 0 Å². The fourth-order valence-corrected chi connectivity index (χ4v) is 2.75. The molecule has 0 aliphatic heterocycles. The molecule has 2 rings (SSSR count). The van der Waals surface area contributed by atoms with E-state index in [0.29, 0.717) is 11.8 Å². The first-order chi connectivity index (χ1) is 7.43. The van der Waals surface area contributed by atoms with Gasteiger partial charge in [-0.25, -0.2) is 0 Å². The first-order valence-corrected chi connectivity index (χ1v) is 6.28. The third kappa shape index (κ3) is 1.89. The maximum absolute atomic E-state index is 5.87. The van der Waals surface area contributed by atoms with Gasteiger partial charge in [0, 0.05) is 0 Å². The molecule has 2 atom stereocenters. The number of rotatable bonds is 1. The van der Waals surface area contributed by atoms with E-state index < -0.39 is 0 Å². The van der Waals surface area contributed by atoms with E-state index >= 15 is 0 Å². The number of nitrogens with two attached hydrogens (primary N) is 1. The lowest BCUT2D eigenvalue weighted by Crippen LogP contribution is -2.13. The quantitative estimate of drug-likeness (QED) is 0.765. The molecule has 1 heteroatoms. The summed E-state index contributed by atoms with van der Waals surface area (Å²) >= 11 is 0. The number of hydrogen-bond acceptors (Lipinski definition) is 1. The first kappa shape index (κ1) is 11.7. The van der Waals surface area contributed by atoms with Gasteiger partial charge in [0.15, 0.2) is 0 Å². The second-order valence-electron chi connectivity index (χ2n) is 6.16. The highest BCUT2D eigenvalue weighted by molar-refractivity contribution is 5.43. The Morgan fingerprint density at radius 3 is 2.50 bits per heavy atom. The van der Waals surface area contributed by atoms with E-state index in [0.717, 1.165) is 6.54 Å². The molecular formula is C15H23N. The molecule has 88 valence electrons. The minimum absolute atomic E-state index is 0.236. The summed E-state index contributed by atoms with van der Waals surface area (Å²) < 4.78 is 0. The fourth-order valence-electron chi connectivity index (χ4n) is 2.75. The Hall–Kier alpha value is -0.820. The second kappa shape index (κ2) is 3.89. The van der Waals surface area contributed by atoms with Crippen molar-refractivity contribution >= 4 is 0 Å². The van der Waals surface area contributed by atoms with Crippen LogP contribution in [0.1, 0.15) is 62.6 Å². The molecule has 2 N–H and O–H groups in total. The smallest absolute Gasteiger partial charge is 0.000791 e. The van der Waals surface area contributed by atoms with Crippen molar-refractivity contribution in [3.63, 3.8) is 0 Å². The van der Waals surface area contributed by atoms with Crippen LogP contribution >= 0.6 is 0 Å². The zero-order valence-electron chi connectivity index (χ0n) is 10.9. The van der Waals surface area contributed by atoms with Gasteiger partial charge in [-0.05, 0) is 46.9 Å². The summed E-state index contributed by atoms with van der Waals surface area (Å²) in [5.74, 6) is 1.25. The average molecular weight is 217 g/mol. The lowest BCUT2D eigenvalue weighted by Gasteiger charge is -2.21. The van der Waals surface area contributed by atoms with E-state index in [-0.39, 0.29) is 5.41 Å². The lowest BCUT2D eigenvalue weighted by atomic mass is 9.84. The monoisotopic (exact) mass is 217 g/mol. The van der Waals surface area contributed by atoms with E-state index in [4.69, 9.17) is 5.73 Å². The average Bonchev–Trinajstić information content (AvgIpc) is 2.54. The molecule has 1 nitrogen and oxygen atoms in total. The van der Waals surface area contributed by atoms with Crippen molar-refractivity contribution in [3.05, 3.63) is 34.9 Å². The molecule has 0 amide bonds. The summed E-state index contributed by atoms with van der Waals surface area (Å²) in [7, 11) is 0. The molecule has 1 aliphatic carbocycles. The molecular weight excluding hydrogens is 194 g/mol. The molecule has 1 aromatic rings. The van der Waals surface area contributed by atoms with Gasteiger partial charge in [0.05, 0.1) is 0 Å². The Balaban J connectivity index is 2.46. The molecule has 0 bridgehead atoms. The minimum atomic E-state index is 0.236. The van der Waals surface area contributed by atoms with Crippen LogP contribution in [0.5, 0.6) is 0 Å². The van der Waals surface area contributed by atoms with Gasteiger partial charge in [-0.1, -0.05) is 45.9 Å². The molecule has 0 radical (unpaired) electrons. The van der Waals surface area contributed by atoms with Crippen LogP contribution in [0.25, 0.3) is 0 Å². The van der Waals surface area contributed by atoms with Crippen molar-refractivity contribution in [2.24, 2.45) is 5.73 Å². The van der Waals surface area contributed by atoms with Crippen LogP contribution in [0, 0.1) is 0 Å². The van der Waals surface area contributed by atoms with Gasteiger partial charge < -0.3 is 5.73 Å². The van der Waals surface area contributed by atoms with Crippen molar-refractivity contribution in [2.75, 3.05) is 6.54 Å². The maximum atomic E-state index is 5.87. The van der Waals surface area contributed by atoms with Gasteiger partial charge in [-0.15, -0.1) is 0 Å². The van der Waals surface area contributed by atoms with Crippen LogP contribution in [-0.4, -0.2) is 6.54 Å². The van der Waals surface area contributed by atoms with Gasteiger partial charge in [0.1, 0.15) is 0 Å². The number of hydrogen-bond donors (Lipinski definition) is 1. The van der Waals surface area contributed by atoms with Crippen molar-refractivity contribution in [1.82, 2.24) is 0 Å². The highest BCUT2D eigenvalue weighted by Gasteiger charge is 2.28. The lowest BCUT2D eigenvalue weighted by molar-refractivity contribution is 0.587. The van der Waals surface area contributed by atoms with Gasteiger partial charge in [-0.3, -0.25) is 0 Å². The van der Waals surface area contributed by atoms with Crippen LogP contribution in [0.3, 0.4) is 0 Å². The third-order valence-electron chi connectivity index (χ3n) is 3.85. The van der Waals surface area contributed by atoms with Crippen molar-refractivity contribution in [2.45, 2.75) is 51.4 Å². The highest BCUT2D eigenvalue weighted by Crippen LogP contribution is 2.42. The first-order valence-electron chi connectivity index (χ1n) is 6.28. The minimum Gasteiger partial charge on any atom is -0.330 e. The molecule has 1 aliphatic rings. The molecule has 2 unspecified atom stereocenters. The molecule has 0 heterocycles. The van der Waals surface area contributed by atoms with E-state index in [1.807, 2.05) is 0 Å². The standard InChI is InChI=1S/C15H23N/c1-10-7-11(9-16)14-8-12(15(2,3)4)5-6-13(10)14/h5-6,8,10-11H,7,9,16H2,1-4H3. The van der Waals surface area contributed by atoms with Crippen molar-refractivity contribution < 1.29 is 0 Å².